The molecule has 0 aliphatic heterocycles. The molecule has 1 nitrogen and oxygen atoms in total. The Morgan fingerprint density at radius 2 is 1.93 bits per heavy atom. The normalized spacial score (nSPS) is 10.7. The fourth-order valence-electron chi connectivity index (χ4n) is 1.42. The molecule has 0 saturated carbocycles. The highest BCUT2D eigenvalue weighted by atomic mass is 15.1. The van der Waals surface area contributed by atoms with Gasteiger partial charge in [-0.3, -0.25) is 0 Å². The second kappa shape index (κ2) is 6.25. The number of rotatable bonds is 5. The number of nitrogens with zero attached hydrogens (tertiary/aromatic N) is 1. The fraction of sp³-hybridized carbons (Fsp3) is 0.385. The van der Waals surface area contributed by atoms with Crippen LogP contribution in [0.15, 0.2) is 42.6 Å². The number of hydrogen-bond acceptors (Lipinski definition) is 1. The molecule has 0 saturated heterocycles. The summed E-state index contributed by atoms with van der Waals surface area (Å²) in [7, 11) is 0. The van der Waals surface area contributed by atoms with Crippen LogP contribution in [0.5, 0.6) is 0 Å². The predicted octanol–water partition coefficient (Wildman–Crippen LogP) is 3.83. The van der Waals surface area contributed by atoms with Crippen molar-refractivity contribution in [3.8, 4) is 0 Å². The first-order chi connectivity index (χ1) is 6.88. The summed E-state index contributed by atoms with van der Waals surface area (Å²) in [5.74, 6) is 0. The lowest BCUT2D eigenvalue weighted by molar-refractivity contribution is 0.782. The molecule has 0 unspecified atom stereocenters. The maximum Gasteiger partial charge on any atom is 0.0405 e. The van der Waals surface area contributed by atoms with Gasteiger partial charge in [-0.15, -0.1) is 0 Å². The van der Waals surface area contributed by atoms with Gasteiger partial charge in [0.05, 0.1) is 0 Å². The van der Waals surface area contributed by atoms with Crippen LogP contribution in [-0.2, 0) is 0 Å². The van der Waals surface area contributed by atoms with Crippen LogP contribution in [-0.4, -0.2) is 6.54 Å². The zero-order valence-corrected chi connectivity index (χ0v) is 9.11. The molecule has 0 aliphatic carbocycles. The SMILES string of the molecule is CC=CN(CCCC)c1ccccc1. The van der Waals surface area contributed by atoms with Crippen molar-refractivity contribution in [2.75, 3.05) is 11.4 Å². The Labute approximate surface area is 87.1 Å². The highest BCUT2D eigenvalue weighted by Crippen LogP contribution is 2.14. The van der Waals surface area contributed by atoms with Gasteiger partial charge in [-0.25, -0.2) is 0 Å². The van der Waals surface area contributed by atoms with Crippen molar-refractivity contribution >= 4 is 5.69 Å². The molecule has 76 valence electrons. The molecule has 0 amide bonds. The molecule has 0 spiro atoms. The summed E-state index contributed by atoms with van der Waals surface area (Å²) in [6, 6.07) is 10.5. The smallest absolute Gasteiger partial charge is 0.0405 e. The maximum absolute atomic E-state index is 2.30. The second-order valence-electron chi connectivity index (χ2n) is 3.36. The molecular formula is C13H19N. The third-order valence-corrected chi connectivity index (χ3v) is 2.17. The number of unbranched alkanes of at least 4 members (excludes halogenated alkanes) is 1. The highest BCUT2D eigenvalue weighted by molar-refractivity contribution is 5.48. The van der Waals surface area contributed by atoms with E-state index in [1.165, 1.54) is 18.5 Å². The Morgan fingerprint density at radius 3 is 2.50 bits per heavy atom. The minimum absolute atomic E-state index is 1.10. The van der Waals surface area contributed by atoms with Crippen molar-refractivity contribution in [3.63, 3.8) is 0 Å². The fourth-order valence-corrected chi connectivity index (χ4v) is 1.42. The number of benzene rings is 1. The Bertz CT molecular complexity index is 264. The molecule has 1 aromatic rings. The summed E-state index contributed by atoms with van der Waals surface area (Å²) >= 11 is 0. The molecule has 0 bridgehead atoms. The average molecular weight is 189 g/mol. The van der Waals surface area contributed by atoms with Crippen molar-refractivity contribution in [2.45, 2.75) is 26.7 Å². The van der Waals surface area contributed by atoms with Crippen LogP contribution in [0.3, 0.4) is 0 Å². The zero-order chi connectivity index (χ0) is 10.2. The van der Waals surface area contributed by atoms with E-state index in [-0.39, 0.29) is 0 Å². The van der Waals surface area contributed by atoms with Gasteiger partial charge in [0.2, 0.25) is 0 Å². The van der Waals surface area contributed by atoms with Crippen LogP contribution in [0.4, 0.5) is 5.69 Å². The van der Waals surface area contributed by atoms with E-state index in [9.17, 15) is 0 Å². The van der Waals surface area contributed by atoms with E-state index in [0.717, 1.165) is 6.54 Å². The predicted molar refractivity (Wildman–Crippen MR) is 63.5 cm³/mol. The molecule has 14 heavy (non-hydrogen) atoms. The van der Waals surface area contributed by atoms with Crippen LogP contribution < -0.4 is 4.90 Å². The number of allylic oxidation sites excluding steroid dienone is 1. The van der Waals surface area contributed by atoms with E-state index >= 15 is 0 Å². The summed E-state index contributed by atoms with van der Waals surface area (Å²) in [5.41, 5.74) is 1.28. The van der Waals surface area contributed by atoms with E-state index in [1.54, 1.807) is 0 Å². The lowest BCUT2D eigenvalue weighted by Gasteiger charge is -2.19. The van der Waals surface area contributed by atoms with Crippen molar-refractivity contribution in [2.24, 2.45) is 0 Å². The summed E-state index contributed by atoms with van der Waals surface area (Å²) in [6.45, 7) is 5.38. The van der Waals surface area contributed by atoms with Crippen molar-refractivity contribution in [1.29, 1.82) is 0 Å². The largest absolute Gasteiger partial charge is 0.348 e. The third-order valence-electron chi connectivity index (χ3n) is 2.17. The number of anilines is 1. The van der Waals surface area contributed by atoms with E-state index in [2.05, 4.69) is 61.4 Å². The van der Waals surface area contributed by atoms with E-state index in [4.69, 9.17) is 0 Å². The summed E-state index contributed by atoms with van der Waals surface area (Å²) < 4.78 is 0. The van der Waals surface area contributed by atoms with Gasteiger partial charge in [-0.2, -0.15) is 0 Å². The topological polar surface area (TPSA) is 3.24 Å². The van der Waals surface area contributed by atoms with Crippen molar-refractivity contribution in [3.05, 3.63) is 42.6 Å². The third kappa shape index (κ3) is 3.25. The molecule has 0 heterocycles. The maximum atomic E-state index is 2.30. The standard InChI is InChI=1S/C13H19N/c1-3-5-12-14(11-4-2)13-9-7-6-8-10-13/h4,6-11H,3,5,12H2,1-2H3. The van der Waals surface area contributed by atoms with Gasteiger partial charge < -0.3 is 4.90 Å². The minimum atomic E-state index is 1.10. The first-order valence-corrected chi connectivity index (χ1v) is 5.33. The second-order valence-corrected chi connectivity index (χ2v) is 3.36. The molecule has 1 aromatic carbocycles. The number of para-hydroxylation sites is 1. The average Bonchev–Trinajstić information content (AvgIpc) is 2.25. The first kappa shape index (κ1) is 10.8. The quantitative estimate of drug-likeness (QED) is 0.680. The molecule has 1 rings (SSSR count). The molecule has 0 N–H and O–H groups in total. The van der Waals surface area contributed by atoms with E-state index in [0.29, 0.717) is 0 Å². The van der Waals surface area contributed by atoms with E-state index < -0.39 is 0 Å². The van der Waals surface area contributed by atoms with Gasteiger partial charge in [-0.05, 0) is 31.7 Å². The molecule has 0 atom stereocenters. The van der Waals surface area contributed by atoms with Gasteiger partial charge >= 0.3 is 0 Å². The lowest BCUT2D eigenvalue weighted by Crippen LogP contribution is -2.16. The van der Waals surface area contributed by atoms with Gasteiger partial charge in [0, 0.05) is 12.2 Å². The summed E-state index contributed by atoms with van der Waals surface area (Å²) in [4.78, 5) is 2.30. The lowest BCUT2D eigenvalue weighted by atomic mass is 10.2. The van der Waals surface area contributed by atoms with Crippen LogP contribution in [0.1, 0.15) is 26.7 Å². The van der Waals surface area contributed by atoms with Crippen molar-refractivity contribution in [1.82, 2.24) is 0 Å². The van der Waals surface area contributed by atoms with Gasteiger partial charge in [0.1, 0.15) is 0 Å². The van der Waals surface area contributed by atoms with Gasteiger partial charge in [-0.1, -0.05) is 37.6 Å². The molecule has 0 aliphatic rings. The Morgan fingerprint density at radius 1 is 1.21 bits per heavy atom. The molecule has 0 radical (unpaired) electrons. The first-order valence-electron chi connectivity index (χ1n) is 5.33. The zero-order valence-electron chi connectivity index (χ0n) is 9.11. The van der Waals surface area contributed by atoms with E-state index in [1.807, 2.05) is 0 Å². The van der Waals surface area contributed by atoms with Crippen molar-refractivity contribution < 1.29 is 0 Å². The van der Waals surface area contributed by atoms with Crippen LogP contribution in [0.25, 0.3) is 0 Å². The highest BCUT2D eigenvalue weighted by Gasteiger charge is 1.99. The van der Waals surface area contributed by atoms with Crippen LogP contribution in [0, 0.1) is 0 Å². The molecule has 0 fully saturated rings. The minimum Gasteiger partial charge on any atom is -0.348 e. The Balaban J connectivity index is 2.67. The Hall–Kier alpha value is -1.24. The molecular weight excluding hydrogens is 170 g/mol. The molecule has 1 heteroatoms. The van der Waals surface area contributed by atoms with Crippen LogP contribution >= 0.6 is 0 Å². The summed E-state index contributed by atoms with van der Waals surface area (Å²) in [5, 5.41) is 0. The van der Waals surface area contributed by atoms with Gasteiger partial charge in [0.25, 0.3) is 0 Å². The van der Waals surface area contributed by atoms with Crippen LogP contribution in [0.2, 0.25) is 0 Å². The summed E-state index contributed by atoms with van der Waals surface area (Å²) in [6.07, 6.45) is 6.70. The monoisotopic (exact) mass is 189 g/mol. The van der Waals surface area contributed by atoms with Gasteiger partial charge in [0.15, 0.2) is 0 Å². The Kier molecular flexibility index (Phi) is 4.84. The number of hydrogen-bond donors (Lipinski definition) is 0. The molecule has 0 aromatic heterocycles.